The number of tetrazole rings is 1. The minimum Gasteiger partial charge on any atom is -0.317 e. The van der Waals surface area contributed by atoms with Crippen molar-refractivity contribution in [3.8, 4) is 11.4 Å². The van der Waals surface area contributed by atoms with Crippen LogP contribution in [0.3, 0.4) is 0 Å². The first-order chi connectivity index (χ1) is 13.6. The Hall–Kier alpha value is -3.22. The van der Waals surface area contributed by atoms with Crippen molar-refractivity contribution in [3.63, 3.8) is 0 Å². The predicted octanol–water partition coefficient (Wildman–Crippen LogP) is 4.07. The van der Waals surface area contributed by atoms with Gasteiger partial charge < -0.3 is 10.2 Å². The minimum atomic E-state index is -0.113. The third-order valence-corrected chi connectivity index (χ3v) is 5.25. The van der Waals surface area contributed by atoms with E-state index < -0.39 is 0 Å². The molecule has 1 N–H and O–H groups in total. The number of hydrogen-bond donors (Lipinski definition) is 1. The molecule has 4 rings (SSSR count). The van der Waals surface area contributed by atoms with Gasteiger partial charge in [-0.2, -0.15) is 0 Å². The zero-order chi connectivity index (χ0) is 19.7. The standard InChI is InChI=1S/C21H24N6O/c1-14(2)27-20(23-24-25-27)18-10-6-7-11-19(18)22-21(28)26-13-12-16-8-4-5-9-17(16)15(26)3/h4-11,14-15H,12-13H2,1-3H3,(H,22,28)/t15-/m0/s1. The Balaban J connectivity index is 1.61. The Labute approximate surface area is 164 Å². The minimum absolute atomic E-state index is 0.0260. The van der Waals surface area contributed by atoms with Crippen LogP contribution in [0.2, 0.25) is 0 Å². The van der Waals surface area contributed by atoms with Crippen molar-refractivity contribution in [2.24, 2.45) is 0 Å². The number of hydrogen-bond acceptors (Lipinski definition) is 4. The summed E-state index contributed by atoms with van der Waals surface area (Å²) < 4.78 is 1.75. The average molecular weight is 376 g/mol. The third-order valence-electron chi connectivity index (χ3n) is 5.25. The van der Waals surface area contributed by atoms with Gasteiger partial charge in [-0.3, -0.25) is 0 Å². The summed E-state index contributed by atoms with van der Waals surface area (Å²) in [6.45, 7) is 6.81. The maximum absolute atomic E-state index is 13.1. The zero-order valence-electron chi connectivity index (χ0n) is 16.3. The van der Waals surface area contributed by atoms with Gasteiger partial charge in [-0.05, 0) is 60.9 Å². The van der Waals surface area contributed by atoms with Crippen molar-refractivity contribution in [1.29, 1.82) is 0 Å². The SMILES string of the molecule is CC(C)n1nnnc1-c1ccccc1NC(=O)N1CCc2ccccc2[C@@H]1C. The van der Waals surface area contributed by atoms with E-state index >= 15 is 0 Å². The molecule has 2 aromatic carbocycles. The highest BCUT2D eigenvalue weighted by Gasteiger charge is 2.28. The molecule has 0 radical (unpaired) electrons. The molecule has 0 fully saturated rings. The van der Waals surface area contributed by atoms with Gasteiger partial charge in [-0.15, -0.1) is 5.10 Å². The normalized spacial score (nSPS) is 16.1. The van der Waals surface area contributed by atoms with Crippen LogP contribution >= 0.6 is 0 Å². The van der Waals surface area contributed by atoms with Crippen LogP contribution in [-0.4, -0.2) is 37.7 Å². The van der Waals surface area contributed by atoms with Crippen molar-refractivity contribution < 1.29 is 4.79 Å². The highest BCUT2D eigenvalue weighted by Crippen LogP contribution is 2.31. The van der Waals surface area contributed by atoms with Gasteiger partial charge in [0.25, 0.3) is 0 Å². The third kappa shape index (κ3) is 3.24. The van der Waals surface area contributed by atoms with E-state index in [1.165, 1.54) is 11.1 Å². The number of benzene rings is 2. The van der Waals surface area contributed by atoms with Crippen LogP contribution in [0.4, 0.5) is 10.5 Å². The highest BCUT2D eigenvalue weighted by atomic mass is 16.2. The number of amides is 2. The van der Waals surface area contributed by atoms with Crippen molar-refractivity contribution in [2.45, 2.75) is 39.3 Å². The van der Waals surface area contributed by atoms with Crippen LogP contribution in [0.5, 0.6) is 0 Å². The maximum atomic E-state index is 13.1. The molecule has 1 atom stereocenters. The van der Waals surface area contributed by atoms with E-state index in [2.05, 4.69) is 46.0 Å². The van der Waals surface area contributed by atoms with E-state index in [0.29, 0.717) is 18.1 Å². The maximum Gasteiger partial charge on any atom is 0.322 e. The second-order valence-corrected chi connectivity index (χ2v) is 7.33. The lowest BCUT2D eigenvalue weighted by Gasteiger charge is -2.35. The molecule has 0 bridgehead atoms. The Bertz CT molecular complexity index is 996. The molecule has 0 saturated carbocycles. The van der Waals surface area contributed by atoms with Crippen molar-refractivity contribution in [3.05, 3.63) is 59.7 Å². The molecule has 1 aromatic heterocycles. The van der Waals surface area contributed by atoms with Crippen molar-refractivity contribution >= 4 is 11.7 Å². The number of carbonyl (C=O) groups is 1. The zero-order valence-corrected chi connectivity index (χ0v) is 16.3. The molecule has 2 amide bonds. The summed E-state index contributed by atoms with van der Waals surface area (Å²) in [6, 6.07) is 16.0. The molecule has 2 heterocycles. The Morgan fingerprint density at radius 1 is 1.14 bits per heavy atom. The van der Waals surface area contributed by atoms with E-state index in [4.69, 9.17) is 0 Å². The molecular weight excluding hydrogens is 352 g/mol. The molecule has 1 aliphatic rings. The first kappa shape index (κ1) is 18.2. The average Bonchev–Trinajstić information content (AvgIpc) is 3.19. The molecule has 7 nitrogen and oxygen atoms in total. The first-order valence-corrected chi connectivity index (χ1v) is 9.59. The number of nitrogens with one attached hydrogen (secondary N) is 1. The number of rotatable bonds is 3. The fourth-order valence-corrected chi connectivity index (χ4v) is 3.74. The monoisotopic (exact) mass is 376 g/mol. The molecule has 3 aromatic rings. The van der Waals surface area contributed by atoms with Crippen LogP contribution in [0, 0.1) is 0 Å². The van der Waals surface area contributed by atoms with Crippen LogP contribution < -0.4 is 5.32 Å². The van der Waals surface area contributed by atoms with Crippen molar-refractivity contribution in [1.82, 2.24) is 25.1 Å². The topological polar surface area (TPSA) is 75.9 Å². The fourth-order valence-electron chi connectivity index (χ4n) is 3.74. The van der Waals surface area contributed by atoms with Gasteiger partial charge in [0.1, 0.15) is 0 Å². The molecule has 1 aliphatic heterocycles. The molecule has 144 valence electrons. The van der Waals surface area contributed by atoms with Crippen LogP contribution in [-0.2, 0) is 6.42 Å². The smallest absolute Gasteiger partial charge is 0.317 e. The molecular formula is C21H24N6O. The first-order valence-electron chi connectivity index (χ1n) is 9.59. The molecule has 28 heavy (non-hydrogen) atoms. The summed E-state index contributed by atoms with van der Waals surface area (Å²) in [7, 11) is 0. The molecule has 0 aliphatic carbocycles. The van der Waals surface area contributed by atoms with Gasteiger partial charge in [0.2, 0.25) is 0 Å². The molecule has 7 heteroatoms. The number of carbonyl (C=O) groups excluding carboxylic acids is 1. The van der Waals surface area contributed by atoms with Gasteiger partial charge in [-0.25, -0.2) is 9.48 Å². The number of nitrogens with zero attached hydrogens (tertiary/aromatic N) is 5. The highest BCUT2D eigenvalue weighted by molar-refractivity contribution is 5.94. The van der Waals surface area contributed by atoms with Crippen LogP contribution in [0.15, 0.2) is 48.5 Å². The van der Waals surface area contributed by atoms with Gasteiger partial charge in [0.15, 0.2) is 5.82 Å². The fraction of sp³-hybridized carbons (Fsp3) is 0.333. The van der Waals surface area contributed by atoms with E-state index in [1.807, 2.05) is 49.1 Å². The number of urea groups is 1. The largest absolute Gasteiger partial charge is 0.322 e. The Kier molecular flexibility index (Phi) is 4.81. The number of fused-ring (bicyclic) bond motifs is 1. The molecule has 0 saturated heterocycles. The molecule has 0 spiro atoms. The second-order valence-electron chi connectivity index (χ2n) is 7.33. The molecule has 0 unspecified atom stereocenters. The van der Waals surface area contributed by atoms with Gasteiger partial charge >= 0.3 is 6.03 Å². The van der Waals surface area contributed by atoms with E-state index in [1.54, 1.807) is 4.68 Å². The predicted molar refractivity (Wildman–Crippen MR) is 108 cm³/mol. The van der Waals surface area contributed by atoms with Crippen LogP contribution in [0.25, 0.3) is 11.4 Å². The van der Waals surface area contributed by atoms with Gasteiger partial charge in [-0.1, -0.05) is 36.4 Å². The number of aromatic nitrogens is 4. The lowest BCUT2D eigenvalue weighted by molar-refractivity contribution is 0.188. The van der Waals surface area contributed by atoms with Gasteiger partial charge in [0, 0.05) is 12.1 Å². The summed E-state index contributed by atoms with van der Waals surface area (Å²) in [5.74, 6) is 0.642. The quantitative estimate of drug-likeness (QED) is 0.747. The Morgan fingerprint density at radius 3 is 2.71 bits per heavy atom. The summed E-state index contributed by atoms with van der Waals surface area (Å²) in [5, 5.41) is 15.1. The number of anilines is 1. The van der Waals surface area contributed by atoms with Crippen LogP contribution in [0.1, 0.15) is 44.0 Å². The van der Waals surface area contributed by atoms with Crippen molar-refractivity contribution in [2.75, 3.05) is 11.9 Å². The summed E-state index contributed by atoms with van der Waals surface area (Å²) in [6.07, 6.45) is 0.862. The van der Waals surface area contributed by atoms with E-state index in [-0.39, 0.29) is 18.1 Å². The summed E-state index contributed by atoms with van der Waals surface area (Å²) in [4.78, 5) is 15.0. The Morgan fingerprint density at radius 2 is 1.89 bits per heavy atom. The van der Waals surface area contributed by atoms with E-state index in [0.717, 1.165) is 12.0 Å². The second kappa shape index (κ2) is 7.42. The van der Waals surface area contributed by atoms with Gasteiger partial charge in [0.05, 0.1) is 17.8 Å². The lowest BCUT2D eigenvalue weighted by atomic mass is 9.94. The number of para-hydroxylation sites is 1. The summed E-state index contributed by atoms with van der Waals surface area (Å²) in [5.41, 5.74) is 4.03. The lowest BCUT2D eigenvalue weighted by Crippen LogP contribution is -2.41. The summed E-state index contributed by atoms with van der Waals surface area (Å²) >= 11 is 0. The van der Waals surface area contributed by atoms with E-state index in [9.17, 15) is 4.79 Å².